The van der Waals surface area contributed by atoms with Gasteiger partial charge in [-0.15, -0.1) is 0 Å². The molecule has 0 spiro atoms. The number of anilines is 1. The van der Waals surface area contributed by atoms with E-state index in [2.05, 4.69) is 15.6 Å². The first kappa shape index (κ1) is 13.7. The van der Waals surface area contributed by atoms with Crippen LogP contribution in [0.4, 0.5) is 5.69 Å². The smallest absolute Gasteiger partial charge is 0.253 e. The molecule has 1 aromatic heterocycles. The van der Waals surface area contributed by atoms with E-state index in [-0.39, 0.29) is 11.8 Å². The van der Waals surface area contributed by atoms with Gasteiger partial charge in [-0.05, 0) is 23.8 Å². The summed E-state index contributed by atoms with van der Waals surface area (Å²) in [7, 11) is 0. The maximum atomic E-state index is 12.1. The van der Waals surface area contributed by atoms with Crippen LogP contribution in [0.2, 0.25) is 0 Å². The van der Waals surface area contributed by atoms with Crippen LogP contribution >= 0.6 is 0 Å². The van der Waals surface area contributed by atoms with Crippen molar-refractivity contribution in [3.05, 3.63) is 59.9 Å². The summed E-state index contributed by atoms with van der Waals surface area (Å²) in [6.07, 6.45) is 3.37. The van der Waals surface area contributed by atoms with Crippen molar-refractivity contribution in [3.63, 3.8) is 0 Å². The van der Waals surface area contributed by atoms with Gasteiger partial charge >= 0.3 is 0 Å². The van der Waals surface area contributed by atoms with Gasteiger partial charge in [0.05, 0.1) is 11.3 Å². The predicted molar refractivity (Wildman–Crippen MR) is 76.2 cm³/mol. The molecule has 0 aliphatic heterocycles. The highest BCUT2D eigenvalue weighted by Gasteiger charge is 2.11. The summed E-state index contributed by atoms with van der Waals surface area (Å²) < 4.78 is 0. The van der Waals surface area contributed by atoms with Crippen LogP contribution in [0.5, 0.6) is 0 Å². The van der Waals surface area contributed by atoms with Gasteiger partial charge in [-0.25, -0.2) is 0 Å². The molecule has 0 aliphatic rings. The zero-order valence-electron chi connectivity index (χ0n) is 11.1. The molecule has 0 saturated heterocycles. The van der Waals surface area contributed by atoms with Crippen molar-refractivity contribution in [1.29, 1.82) is 0 Å². The van der Waals surface area contributed by atoms with E-state index >= 15 is 0 Å². The third-order valence-electron chi connectivity index (χ3n) is 2.66. The lowest BCUT2D eigenvalue weighted by Gasteiger charge is -2.10. The molecule has 102 valence electrons. The Morgan fingerprint density at radius 3 is 2.65 bits per heavy atom. The molecule has 1 aromatic carbocycles. The van der Waals surface area contributed by atoms with Crippen LogP contribution in [0.15, 0.2) is 48.8 Å². The van der Waals surface area contributed by atoms with Crippen LogP contribution in [0.25, 0.3) is 0 Å². The van der Waals surface area contributed by atoms with Crippen LogP contribution in [-0.2, 0) is 11.3 Å². The number of amides is 2. The molecule has 2 rings (SSSR count). The number of hydrogen-bond donors (Lipinski definition) is 2. The van der Waals surface area contributed by atoms with Crippen molar-refractivity contribution in [2.45, 2.75) is 13.5 Å². The summed E-state index contributed by atoms with van der Waals surface area (Å²) >= 11 is 0. The Labute approximate surface area is 117 Å². The molecule has 0 aliphatic carbocycles. The van der Waals surface area contributed by atoms with Crippen molar-refractivity contribution < 1.29 is 9.59 Å². The number of hydrogen-bond acceptors (Lipinski definition) is 3. The fraction of sp³-hybridized carbons (Fsp3) is 0.133. The highest BCUT2D eigenvalue weighted by Crippen LogP contribution is 2.14. The minimum Gasteiger partial charge on any atom is -0.348 e. The quantitative estimate of drug-likeness (QED) is 0.891. The second-order valence-electron chi connectivity index (χ2n) is 4.27. The third kappa shape index (κ3) is 3.65. The minimum absolute atomic E-state index is 0.211. The first-order valence-electron chi connectivity index (χ1n) is 6.20. The van der Waals surface area contributed by atoms with Crippen molar-refractivity contribution >= 4 is 17.5 Å². The number of carbonyl (C=O) groups excluding carboxylic acids is 2. The summed E-state index contributed by atoms with van der Waals surface area (Å²) in [5.74, 6) is -0.448. The number of aromatic nitrogens is 1. The molecule has 0 saturated carbocycles. The lowest BCUT2D eigenvalue weighted by molar-refractivity contribution is -0.114. The average Bonchev–Trinajstić information content (AvgIpc) is 2.46. The van der Waals surface area contributed by atoms with E-state index in [0.717, 1.165) is 5.56 Å². The number of pyridine rings is 1. The van der Waals surface area contributed by atoms with Crippen molar-refractivity contribution in [1.82, 2.24) is 10.3 Å². The van der Waals surface area contributed by atoms with E-state index in [4.69, 9.17) is 0 Å². The van der Waals surface area contributed by atoms with Gasteiger partial charge in [0.2, 0.25) is 5.91 Å². The monoisotopic (exact) mass is 269 g/mol. The van der Waals surface area contributed by atoms with E-state index < -0.39 is 0 Å². The van der Waals surface area contributed by atoms with Crippen molar-refractivity contribution in [2.24, 2.45) is 0 Å². The molecule has 20 heavy (non-hydrogen) atoms. The summed E-state index contributed by atoms with van der Waals surface area (Å²) in [5.41, 5.74) is 1.85. The Bertz CT molecular complexity index is 612. The fourth-order valence-corrected chi connectivity index (χ4v) is 1.76. The van der Waals surface area contributed by atoms with Gasteiger partial charge in [-0.1, -0.05) is 18.2 Å². The Kier molecular flexibility index (Phi) is 4.44. The second kappa shape index (κ2) is 6.47. The SMILES string of the molecule is CC(=O)Nc1ccccc1C(=O)NCc1cccnc1. The van der Waals surface area contributed by atoms with Crippen LogP contribution in [-0.4, -0.2) is 16.8 Å². The van der Waals surface area contributed by atoms with Gasteiger partial charge in [0.1, 0.15) is 0 Å². The number of benzene rings is 1. The molecule has 2 N–H and O–H groups in total. The van der Waals surface area contributed by atoms with E-state index in [1.54, 1.807) is 36.7 Å². The van der Waals surface area contributed by atoms with E-state index in [1.165, 1.54) is 6.92 Å². The highest BCUT2D eigenvalue weighted by molar-refractivity contribution is 6.03. The first-order chi connectivity index (χ1) is 9.66. The molecule has 5 heteroatoms. The topological polar surface area (TPSA) is 71.1 Å². The maximum Gasteiger partial charge on any atom is 0.253 e. The molecule has 2 amide bonds. The van der Waals surface area contributed by atoms with Gasteiger partial charge in [0.15, 0.2) is 0 Å². The van der Waals surface area contributed by atoms with Crippen LogP contribution < -0.4 is 10.6 Å². The molecule has 0 unspecified atom stereocenters. The van der Waals surface area contributed by atoms with Gasteiger partial charge in [0, 0.05) is 25.9 Å². The number of para-hydroxylation sites is 1. The summed E-state index contributed by atoms with van der Waals surface area (Å²) in [6.45, 7) is 1.80. The number of carbonyl (C=O) groups is 2. The predicted octanol–water partition coefficient (Wildman–Crippen LogP) is 1.97. The Morgan fingerprint density at radius 2 is 1.95 bits per heavy atom. The zero-order chi connectivity index (χ0) is 14.4. The van der Waals surface area contributed by atoms with Gasteiger partial charge < -0.3 is 10.6 Å². The molecular weight excluding hydrogens is 254 g/mol. The van der Waals surface area contributed by atoms with Crippen molar-refractivity contribution in [3.8, 4) is 0 Å². The van der Waals surface area contributed by atoms with Gasteiger partial charge in [0.25, 0.3) is 5.91 Å². The standard InChI is InChI=1S/C15H15N3O2/c1-11(19)18-14-7-3-2-6-13(14)15(20)17-10-12-5-4-8-16-9-12/h2-9H,10H2,1H3,(H,17,20)(H,18,19). The number of nitrogens with zero attached hydrogens (tertiary/aromatic N) is 1. The Morgan fingerprint density at radius 1 is 1.15 bits per heavy atom. The molecule has 0 radical (unpaired) electrons. The normalized spacial score (nSPS) is 9.85. The lowest BCUT2D eigenvalue weighted by atomic mass is 10.1. The maximum absolute atomic E-state index is 12.1. The van der Waals surface area contributed by atoms with Gasteiger partial charge in [-0.3, -0.25) is 14.6 Å². The summed E-state index contributed by atoms with van der Waals surface area (Å²) in [6, 6.07) is 10.6. The molecule has 2 aromatic rings. The molecular formula is C15H15N3O2. The van der Waals surface area contributed by atoms with E-state index in [9.17, 15) is 9.59 Å². The molecule has 0 bridgehead atoms. The number of rotatable bonds is 4. The lowest BCUT2D eigenvalue weighted by Crippen LogP contribution is -2.24. The summed E-state index contributed by atoms with van der Waals surface area (Å²) in [4.78, 5) is 27.2. The first-order valence-corrected chi connectivity index (χ1v) is 6.20. The zero-order valence-corrected chi connectivity index (χ0v) is 11.1. The molecule has 0 fully saturated rings. The second-order valence-corrected chi connectivity index (χ2v) is 4.27. The van der Waals surface area contributed by atoms with E-state index in [1.807, 2.05) is 12.1 Å². The highest BCUT2D eigenvalue weighted by atomic mass is 16.2. The average molecular weight is 269 g/mol. The Balaban J connectivity index is 2.07. The van der Waals surface area contributed by atoms with Crippen LogP contribution in [0.3, 0.4) is 0 Å². The number of nitrogens with one attached hydrogen (secondary N) is 2. The summed E-state index contributed by atoms with van der Waals surface area (Å²) in [5, 5.41) is 5.44. The molecule has 1 heterocycles. The third-order valence-corrected chi connectivity index (χ3v) is 2.66. The molecule has 0 atom stereocenters. The van der Waals surface area contributed by atoms with Crippen LogP contribution in [0.1, 0.15) is 22.8 Å². The van der Waals surface area contributed by atoms with Crippen molar-refractivity contribution in [2.75, 3.05) is 5.32 Å². The molecule has 5 nitrogen and oxygen atoms in total. The minimum atomic E-state index is -0.238. The fourth-order valence-electron chi connectivity index (χ4n) is 1.76. The van der Waals surface area contributed by atoms with Crippen LogP contribution in [0, 0.1) is 0 Å². The van der Waals surface area contributed by atoms with Gasteiger partial charge in [-0.2, -0.15) is 0 Å². The van der Waals surface area contributed by atoms with E-state index in [0.29, 0.717) is 17.8 Å². The Hall–Kier alpha value is -2.69. The largest absolute Gasteiger partial charge is 0.348 e.